The third-order valence-electron chi connectivity index (χ3n) is 7.37. The van der Waals surface area contributed by atoms with E-state index in [1.54, 1.807) is 0 Å². The van der Waals surface area contributed by atoms with E-state index in [2.05, 4.69) is 54.1 Å². The van der Waals surface area contributed by atoms with E-state index in [4.69, 9.17) is 11.1 Å². The Kier molecular flexibility index (Phi) is 6.27. The molecule has 5 rings (SSSR count). The van der Waals surface area contributed by atoms with Crippen LogP contribution in [0.25, 0.3) is 22.0 Å². The molecule has 0 bridgehead atoms. The first-order valence-electron chi connectivity index (χ1n) is 12.4. The predicted octanol–water partition coefficient (Wildman–Crippen LogP) is 5.83. The molecule has 178 valence electrons. The summed E-state index contributed by atoms with van der Waals surface area (Å²) in [7, 11) is 0. The van der Waals surface area contributed by atoms with Crippen LogP contribution in [0.15, 0.2) is 83.7 Å². The van der Waals surface area contributed by atoms with E-state index in [1.165, 1.54) is 12.0 Å². The molecule has 1 aromatic heterocycles. The summed E-state index contributed by atoms with van der Waals surface area (Å²) in [5, 5.41) is 8.99. The maximum absolute atomic E-state index is 13.8. The quantitative estimate of drug-likeness (QED) is 0.256. The number of nitrogen functional groups attached to an aromatic ring is 1. The lowest BCUT2D eigenvalue weighted by Crippen LogP contribution is -2.46. The van der Waals surface area contributed by atoms with E-state index in [1.807, 2.05) is 48.5 Å². The van der Waals surface area contributed by atoms with Gasteiger partial charge >= 0.3 is 0 Å². The first kappa shape index (κ1) is 23.1. The fourth-order valence-corrected chi connectivity index (χ4v) is 5.76. The second kappa shape index (κ2) is 9.51. The Morgan fingerprint density at radius 3 is 2.37 bits per heavy atom. The number of para-hydroxylation sites is 1. The molecule has 0 radical (unpaired) electrons. The molecule has 3 aromatic carbocycles. The lowest BCUT2D eigenvalue weighted by molar-refractivity contribution is 0.0719. The standard InChI is InChI=1S/C30H32N4O/c1-19-10-8-11-20(2)34(19)28(21-12-4-3-5-13-21)27-24-16-6-7-17-25(24)33-30(35)26(27)22-14-9-15-23(18-22)29(31)32/h3-7,9,12-20,28H,8,10-11H2,1-2H3,(H3,31,32)(H,33,35). The number of nitrogens with two attached hydrogens (primary N) is 1. The molecule has 5 heteroatoms. The number of benzene rings is 3. The number of nitrogens with one attached hydrogen (secondary N) is 2. The van der Waals surface area contributed by atoms with Gasteiger partial charge in [0, 0.05) is 28.6 Å². The molecule has 0 spiro atoms. The number of rotatable bonds is 5. The molecular formula is C30H32N4O. The topological polar surface area (TPSA) is 86.0 Å². The Morgan fingerprint density at radius 2 is 1.66 bits per heavy atom. The first-order valence-corrected chi connectivity index (χ1v) is 12.4. The van der Waals surface area contributed by atoms with Crippen molar-refractivity contribution >= 4 is 16.7 Å². The SMILES string of the molecule is CC1CCCC(C)N1C(c1ccccc1)c1c(-c2cccc(C(=N)N)c2)c(=O)[nH]c2ccccc12. The predicted molar refractivity (Wildman–Crippen MR) is 144 cm³/mol. The van der Waals surface area contributed by atoms with Gasteiger partial charge in [-0.3, -0.25) is 15.1 Å². The Bertz CT molecular complexity index is 1420. The smallest absolute Gasteiger partial charge is 0.256 e. The molecule has 3 atom stereocenters. The lowest BCUT2D eigenvalue weighted by atomic mass is 9.84. The van der Waals surface area contributed by atoms with Gasteiger partial charge in [-0.2, -0.15) is 0 Å². The largest absolute Gasteiger partial charge is 0.384 e. The highest BCUT2D eigenvalue weighted by atomic mass is 16.1. The van der Waals surface area contributed by atoms with Crippen molar-refractivity contribution in [3.63, 3.8) is 0 Å². The molecular weight excluding hydrogens is 432 g/mol. The average Bonchev–Trinajstić information content (AvgIpc) is 2.86. The second-order valence-corrected chi connectivity index (χ2v) is 9.67. The number of amidine groups is 1. The van der Waals surface area contributed by atoms with Crippen LogP contribution in [-0.4, -0.2) is 27.8 Å². The van der Waals surface area contributed by atoms with Gasteiger partial charge in [-0.15, -0.1) is 0 Å². The monoisotopic (exact) mass is 464 g/mol. The molecule has 4 N–H and O–H groups in total. The van der Waals surface area contributed by atoms with Gasteiger partial charge in [-0.05, 0) is 55.5 Å². The van der Waals surface area contributed by atoms with Crippen molar-refractivity contribution in [3.05, 3.63) is 106 Å². The summed E-state index contributed by atoms with van der Waals surface area (Å²) in [6, 6.07) is 26.7. The summed E-state index contributed by atoms with van der Waals surface area (Å²) in [5.41, 5.74) is 10.7. The van der Waals surface area contributed by atoms with Gasteiger partial charge in [0.1, 0.15) is 5.84 Å². The molecule has 0 saturated carbocycles. The minimum Gasteiger partial charge on any atom is -0.384 e. The highest BCUT2D eigenvalue weighted by Gasteiger charge is 2.36. The maximum Gasteiger partial charge on any atom is 0.256 e. The Morgan fingerprint density at radius 1 is 0.971 bits per heavy atom. The number of aromatic nitrogens is 1. The van der Waals surface area contributed by atoms with E-state index in [-0.39, 0.29) is 17.4 Å². The molecule has 1 aliphatic rings. The minimum atomic E-state index is -0.127. The fraction of sp³-hybridized carbons (Fsp3) is 0.267. The summed E-state index contributed by atoms with van der Waals surface area (Å²) < 4.78 is 0. The van der Waals surface area contributed by atoms with Crippen LogP contribution in [0.3, 0.4) is 0 Å². The van der Waals surface area contributed by atoms with E-state index in [0.717, 1.165) is 34.9 Å². The third-order valence-corrected chi connectivity index (χ3v) is 7.37. The van der Waals surface area contributed by atoms with E-state index in [0.29, 0.717) is 23.2 Å². The summed E-state index contributed by atoms with van der Waals surface area (Å²) in [4.78, 5) is 19.5. The average molecular weight is 465 g/mol. The maximum atomic E-state index is 13.8. The van der Waals surface area contributed by atoms with Crippen LogP contribution in [0.5, 0.6) is 0 Å². The van der Waals surface area contributed by atoms with E-state index in [9.17, 15) is 4.79 Å². The Labute approximate surface area is 206 Å². The van der Waals surface area contributed by atoms with Crippen LogP contribution in [0.4, 0.5) is 0 Å². The molecule has 2 heterocycles. The zero-order valence-corrected chi connectivity index (χ0v) is 20.3. The number of hydrogen-bond donors (Lipinski definition) is 3. The number of H-pyrrole nitrogens is 1. The van der Waals surface area contributed by atoms with Gasteiger partial charge < -0.3 is 10.7 Å². The van der Waals surface area contributed by atoms with E-state index < -0.39 is 0 Å². The minimum absolute atomic E-state index is 0.0106. The van der Waals surface area contributed by atoms with Crippen molar-refractivity contribution in [2.75, 3.05) is 0 Å². The highest BCUT2D eigenvalue weighted by molar-refractivity contribution is 5.97. The molecule has 0 aliphatic carbocycles. The van der Waals surface area contributed by atoms with Gasteiger partial charge in [0.25, 0.3) is 5.56 Å². The van der Waals surface area contributed by atoms with Crippen LogP contribution >= 0.6 is 0 Å². The van der Waals surface area contributed by atoms with Gasteiger partial charge in [-0.1, -0.05) is 73.2 Å². The van der Waals surface area contributed by atoms with Crippen molar-refractivity contribution in [2.24, 2.45) is 5.73 Å². The number of nitrogens with zero attached hydrogens (tertiary/aromatic N) is 1. The molecule has 4 aromatic rings. The van der Waals surface area contributed by atoms with E-state index >= 15 is 0 Å². The van der Waals surface area contributed by atoms with Gasteiger partial charge in [0.05, 0.1) is 11.6 Å². The van der Waals surface area contributed by atoms with Crippen molar-refractivity contribution < 1.29 is 0 Å². The number of aromatic amines is 1. The highest BCUT2D eigenvalue weighted by Crippen LogP contribution is 2.42. The second-order valence-electron chi connectivity index (χ2n) is 9.67. The van der Waals surface area contributed by atoms with Crippen molar-refractivity contribution in [2.45, 2.75) is 51.2 Å². The molecule has 1 aliphatic heterocycles. The van der Waals surface area contributed by atoms with Crippen molar-refractivity contribution in [3.8, 4) is 11.1 Å². The number of likely N-dealkylation sites (tertiary alicyclic amines) is 1. The molecule has 35 heavy (non-hydrogen) atoms. The van der Waals surface area contributed by atoms with Gasteiger partial charge in [-0.25, -0.2) is 0 Å². The summed E-state index contributed by atoms with van der Waals surface area (Å²) in [6.07, 6.45) is 3.47. The zero-order valence-electron chi connectivity index (χ0n) is 20.3. The Hall–Kier alpha value is -3.70. The van der Waals surface area contributed by atoms with Gasteiger partial charge in [0.2, 0.25) is 0 Å². The molecule has 1 fully saturated rings. The lowest BCUT2D eigenvalue weighted by Gasteiger charge is -2.45. The van der Waals surface area contributed by atoms with Crippen LogP contribution in [0.1, 0.15) is 55.8 Å². The summed E-state index contributed by atoms with van der Waals surface area (Å²) in [5.74, 6) is -0.0106. The Balaban J connectivity index is 1.88. The number of piperidine rings is 1. The van der Waals surface area contributed by atoms with Crippen LogP contribution in [-0.2, 0) is 0 Å². The molecule has 5 nitrogen and oxygen atoms in total. The third kappa shape index (κ3) is 4.28. The van der Waals surface area contributed by atoms with Gasteiger partial charge in [0.15, 0.2) is 0 Å². The molecule has 0 amide bonds. The zero-order chi connectivity index (χ0) is 24.5. The summed E-state index contributed by atoms with van der Waals surface area (Å²) >= 11 is 0. The van der Waals surface area contributed by atoms with Crippen LogP contribution in [0, 0.1) is 5.41 Å². The molecule has 1 saturated heterocycles. The molecule has 3 unspecified atom stereocenters. The normalized spacial score (nSPS) is 19.5. The fourth-order valence-electron chi connectivity index (χ4n) is 5.76. The summed E-state index contributed by atoms with van der Waals surface area (Å²) in [6.45, 7) is 4.61. The van der Waals surface area contributed by atoms with Crippen LogP contribution < -0.4 is 11.3 Å². The number of pyridine rings is 1. The first-order chi connectivity index (χ1) is 17.0. The number of hydrogen-bond acceptors (Lipinski definition) is 3. The van der Waals surface area contributed by atoms with Crippen molar-refractivity contribution in [1.29, 1.82) is 5.41 Å². The van der Waals surface area contributed by atoms with Crippen LogP contribution in [0.2, 0.25) is 0 Å². The number of fused-ring (bicyclic) bond motifs is 1. The van der Waals surface area contributed by atoms with Crippen molar-refractivity contribution in [1.82, 2.24) is 9.88 Å².